The summed E-state index contributed by atoms with van der Waals surface area (Å²) in [5, 5.41) is 0.610. The number of hydrogen-bond acceptors (Lipinski definition) is 3. The number of aryl methyl sites for hydroxylation is 1. The second-order valence-electron chi connectivity index (χ2n) is 6.16. The van der Waals surface area contributed by atoms with Gasteiger partial charge in [0.1, 0.15) is 5.82 Å². The molecule has 0 aromatic carbocycles. The summed E-state index contributed by atoms with van der Waals surface area (Å²) < 4.78 is 2.11. The molecule has 1 aliphatic carbocycles. The van der Waals surface area contributed by atoms with E-state index in [1.165, 1.54) is 12.8 Å². The summed E-state index contributed by atoms with van der Waals surface area (Å²) in [6, 6.07) is 0.417. The van der Waals surface area contributed by atoms with E-state index in [0.717, 1.165) is 18.8 Å². The molecule has 1 amide bonds. The van der Waals surface area contributed by atoms with Crippen molar-refractivity contribution >= 4 is 17.7 Å². The summed E-state index contributed by atoms with van der Waals surface area (Å²) in [6.45, 7) is 5.00. The van der Waals surface area contributed by atoms with Crippen molar-refractivity contribution in [1.29, 1.82) is 0 Å². The molecule has 5 heteroatoms. The van der Waals surface area contributed by atoms with Crippen LogP contribution in [0.15, 0.2) is 12.4 Å². The molecule has 118 valence electrons. The fourth-order valence-corrected chi connectivity index (χ4v) is 4.25. The number of nitrogens with zero attached hydrogens (tertiary/aromatic N) is 3. The second kappa shape index (κ2) is 7.34. The summed E-state index contributed by atoms with van der Waals surface area (Å²) >= 11 is 1.90. The Labute approximate surface area is 132 Å². The lowest BCUT2D eigenvalue weighted by Crippen LogP contribution is -2.40. The van der Waals surface area contributed by atoms with E-state index in [9.17, 15) is 4.79 Å². The normalized spacial score (nSPS) is 22.0. The summed E-state index contributed by atoms with van der Waals surface area (Å²) in [4.78, 5) is 18.8. The quantitative estimate of drug-likeness (QED) is 0.810. The van der Waals surface area contributed by atoms with E-state index >= 15 is 0 Å². The highest BCUT2D eigenvalue weighted by Crippen LogP contribution is 2.31. The zero-order chi connectivity index (χ0) is 15.4. The van der Waals surface area contributed by atoms with E-state index in [1.807, 2.05) is 36.1 Å². The van der Waals surface area contributed by atoms with Crippen LogP contribution in [0.2, 0.25) is 0 Å². The first-order valence-electron chi connectivity index (χ1n) is 7.84. The van der Waals surface area contributed by atoms with Gasteiger partial charge in [-0.05, 0) is 19.1 Å². The van der Waals surface area contributed by atoms with E-state index in [2.05, 4.69) is 29.7 Å². The molecule has 0 bridgehead atoms. The monoisotopic (exact) mass is 309 g/mol. The molecule has 1 fully saturated rings. The molecule has 1 aromatic rings. The van der Waals surface area contributed by atoms with Crippen LogP contribution in [-0.4, -0.2) is 45.0 Å². The lowest BCUT2D eigenvalue weighted by molar-refractivity contribution is -0.132. The van der Waals surface area contributed by atoms with Crippen molar-refractivity contribution in [2.75, 3.05) is 13.3 Å². The lowest BCUT2D eigenvalue weighted by Gasteiger charge is -2.29. The van der Waals surface area contributed by atoms with Gasteiger partial charge in [0.05, 0.1) is 0 Å². The second-order valence-corrected chi connectivity index (χ2v) is 7.24. The van der Waals surface area contributed by atoms with Crippen molar-refractivity contribution in [3.05, 3.63) is 18.2 Å². The molecule has 1 aliphatic rings. The van der Waals surface area contributed by atoms with Gasteiger partial charge in [-0.25, -0.2) is 4.98 Å². The summed E-state index contributed by atoms with van der Waals surface area (Å²) in [5.74, 6) is 1.71. The van der Waals surface area contributed by atoms with Gasteiger partial charge >= 0.3 is 0 Å². The van der Waals surface area contributed by atoms with Crippen molar-refractivity contribution in [2.24, 2.45) is 0 Å². The van der Waals surface area contributed by atoms with Gasteiger partial charge in [0.15, 0.2) is 0 Å². The molecule has 1 aromatic heterocycles. The Morgan fingerprint density at radius 1 is 1.52 bits per heavy atom. The van der Waals surface area contributed by atoms with Crippen molar-refractivity contribution in [3.8, 4) is 0 Å². The van der Waals surface area contributed by atoms with E-state index in [0.29, 0.717) is 23.6 Å². The molecule has 2 rings (SSSR count). The van der Waals surface area contributed by atoms with Crippen LogP contribution >= 0.6 is 11.8 Å². The van der Waals surface area contributed by atoms with Crippen molar-refractivity contribution in [2.45, 2.75) is 63.3 Å². The van der Waals surface area contributed by atoms with E-state index in [-0.39, 0.29) is 5.91 Å². The van der Waals surface area contributed by atoms with Crippen molar-refractivity contribution < 1.29 is 4.79 Å². The zero-order valence-corrected chi connectivity index (χ0v) is 14.4. The first-order valence-corrected chi connectivity index (χ1v) is 9.12. The van der Waals surface area contributed by atoms with Gasteiger partial charge < -0.3 is 9.47 Å². The number of carbonyl (C=O) groups excluding carboxylic acids is 1. The Hall–Kier alpha value is -0.970. The molecule has 2 atom stereocenters. The molecule has 1 heterocycles. The average molecular weight is 309 g/mol. The maximum atomic E-state index is 12.5. The lowest BCUT2D eigenvalue weighted by atomic mass is 10.2. The van der Waals surface area contributed by atoms with Gasteiger partial charge in [-0.3, -0.25) is 4.79 Å². The SMILES string of the molecule is CSC1CCCC1N(C)C(=O)CCn1ccnc1C(C)C. The van der Waals surface area contributed by atoms with Gasteiger partial charge in [0, 0.05) is 49.6 Å². The Morgan fingerprint density at radius 2 is 2.29 bits per heavy atom. The number of amides is 1. The van der Waals surface area contributed by atoms with Crippen LogP contribution in [-0.2, 0) is 11.3 Å². The third kappa shape index (κ3) is 3.82. The van der Waals surface area contributed by atoms with Gasteiger partial charge in [-0.15, -0.1) is 0 Å². The highest BCUT2D eigenvalue weighted by atomic mass is 32.2. The Bertz CT molecular complexity index is 472. The molecule has 21 heavy (non-hydrogen) atoms. The van der Waals surface area contributed by atoms with E-state index < -0.39 is 0 Å². The molecule has 4 nitrogen and oxygen atoms in total. The summed E-state index contributed by atoms with van der Waals surface area (Å²) in [7, 11) is 1.97. The third-order valence-electron chi connectivity index (χ3n) is 4.44. The first kappa shape index (κ1) is 16.4. The van der Waals surface area contributed by atoms with Crippen LogP contribution < -0.4 is 0 Å². The zero-order valence-electron chi connectivity index (χ0n) is 13.6. The first-order chi connectivity index (χ1) is 10.0. The maximum Gasteiger partial charge on any atom is 0.224 e. The average Bonchev–Trinajstić information content (AvgIpc) is 3.11. The number of hydrogen-bond donors (Lipinski definition) is 0. The molecular weight excluding hydrogens is 282 g/mol. The van der Waals surface area contributed by atoms with Gasteiger partial charge in [0.2, 0.25) is 5.91 Å². The number of thioether (sulfide) groups is 1. The Morgan fingerprint density at radius 3 is 2.95 bits per heavy atom. The highest BCUT2D eigenvalue weighted by molar-refractivity contribution is 7.99. The summed E-state index contributed by atoms with van der Waals surface area (Å²) in [5.41, 5.74) is 0. The summed E-state index contributed by atoms with van der Waals surface area (Å²) in [6.07, 6.45) is 10.1. The standard InChI is InChI=1S/C16H27N3OS/c1-12(2)16-17-9-11-19(16)10-8-15(20)18(3)13-6-5-7-14(13)21-4/h9,11-14H,5-8,10H2,1-4H3. The minimum atomic E-state index is 0.254. The smallest absolute Gasteiger partial charge is 0.224 e. The van der Waals surface area contributed by atoms with Crippen LogP contribution in [0.1, 0.15) is 51.3 Å². The minimum Gasteiger partial charge on any atom is -0.342 e. The van der Waals surface area contributed by atoms with Gasteiger partial charge in [0.25, 0.3) is 0 Å². The van der Waals surface area contributed by atoms with Crippen LogP contribution in [0.25, 0.3) is 0 Å². The van der Waals surface area contributed by atoms with Crippen LogP contribution in [0.4, 0.5) is 0 Å². The van der Waals surface area contributed by atoms with Crippen molar-refractivity contribution in [3.63, 3.8) is 0 Å². The van der Waals surface area contributed by atoms with Gasteiger partial charge in [-0.1, -0.05) is 20.3 Å². The predicted octanol–water partition coefficient (Wildman–Crippen LogP) is 3.14. The van der Waals surface area contributed by atoms with Crippen LogP contribution in [0.5, 0.6) is 0 Å². The van der Waals surface area contributed by atoms with Crippen LogP contribution in [0, 0.1) is 0 Å². The minimum absolute atomic E-state index is 0.254. The molecule has 2 unspecified atom stereocenters. The van der Waals surface area contributed by atoms with Crippen molar-refractivity contribution in [1.82, 2.24) is 14.5 Å². The molecule has 0 saturated heterocycles. The van der Waals surface area contributed by atoms with Gasteiger partial charge in [-0.2, -0.15) is 11.8 Å². The van der Waals surface area contributed by atoms with E-state index in [1.54, 1.807) is 0 Å². The molecule has 0 aliphatic heterocycles. The Kier molecular flexibility index (Phi) is 5.73. The number of aromatic nitrogens is 2. The fraction of sp³-hybridized carbons (Fsp3) is 0.750. The molecule has 1 saturated carbocycles. The van der Waals surface area contributed by atoms with Crippen LogP contribution in [0.3, 0.4) is 0 Å². The predicted molar refractivity (Wildman–Crippen MR) is 88.6 cm³/mol. The number of imidazole rings is 1. The molecule has 0 N–H and O–H groups in total. The number of rotatable bonds is 6. The number of carbonyl (C=O) groups is 1. The van der Waals surface area contributed by atoms with E-state index in [4.69, 9.17) is 0 Å². The molecule has 0 spiro atoms. The topological polar surface area (TPSA) is 38.1 Å². The third-order valence-corrected chi connectivity index (χ3v) is 5.60. The fourth-order valence-electron chi connectivity index (χ4n) is 3.21. The molecule has 0 radical (unpaired) electrons. The Balaban J connectivity index is 1.90. The highest BCUT2D eigenvalue weighted by Gasteiger charge is 2.31. The maximum absolute atomic E-state index is 12.5. The molecular formula is C16H27N3OS. The largest absolute Gasteiger partial charge is 0.342 e.